The van der Waals surface area contributed by atoms with E-state index in [4.69, 9.17) is 0 Å². The van der Waals surface area contributed by atoms with Gasteiger partial charge in [-0.25, -0.2) is 8.78 Å². The number of likely N-dealkylation sites (tertiary alicyclic amines) is 1. The highest BCUT2D eigenvalue weighted by atomic mass is 32.2. The Bertz CT molecular complexity index is 796. The lowest BCUT2D eigenvalue weighted by atomic mass is 9.93. The van der Waals surface area contributed by atoms with Gasteiger partial charge in [-0.15, -0.1) is 11.8 Å². The molecule has 1 aliphatic heterocycles. The molecule has 1 fully saturated rings. The Labute approximate surface area is 188 Å². The van der Waals surface area contributed by atoms with Gasteiger partial charge >= 0.3 is 0 Å². The van der Waals surface area contributed by atoms with Crippen LogP contribution in [0.2, 0.25) is 0 Å². The number of piperidine rings is 1. The SMILES string of the molecule is CC(C)(C)C(=O)N1CCC(NCCSC(c2ccc(F)cc2)c2ccc(F)cc2)CC1. The Kier molecular flexibility index (Phi) is 8.11. The van der Waals surface area contributed by atoms with E-state index >= 15 is 0 Å². The zero-order valence-corrected chi connectivity index (χ0v) is 19.4. The van der Waals surface area contributed by atoms with Crippen LogP contribution in [0.5, 0.6) is 0 Å². The minimum absolute atomic E-state index is 0.0225. The van der Waals surface area contributed by atoms with Crippen LogP contribution in [0.25, 0.3) is 0 Å². The van der Waals surface area contributed by atoms with E-state index in [0.29, 0.717) is 6.04 Å². The van der Waals surface area contributed by atoms with Crippen LogP contribution in [-0.2, 0) is 4.79 Å². The third-order valence-electron chi connectivity index (χ3n) is 5.59. The second-order valence-corrected chi connectivity index (χ2v) is 10.3. The molecule has 1 heterocycles. The van der Waals surface area contributed by atoms with Crippen LogP contribution >= 0.6 is 11.8 Å². The number of thioether (sulfide) groups is 1. The van der Waals surface area contributed by atoms with Crippen molar-refractivity contribution in [3.63, 3.8) is 0 Å². The number of nitrogens with one attached hydrogen (secondary N) is 1. The monoisotopic (exact) mass is 446 g/mol. The number of halogens is 2. The molecule has 0 saturated carbocycles. The van der Waals surface area contributed by atoms with E-state index in [0.717, 1.165) is 49.4 Å². The topological polar surface area (TPSA) is 32.3 Å². The first-order valence-corrected chi connectivity index (χ1v) is 11.9. The molecule has 0 aliphatic carbocycles. The Morgan fingerprint density at radius 3 is 1.94 bits per heavy atom. The lowest BCUT2D eigenvalue weighted by Gasteiger charge is -2.36. The van der Waals surface area contributed by atoms with Gasteiger partial charge in [-0.2, -0.15) is 0 Å². The summed E-state index contributed by atoms with van der Waals surface area (Å²) in [6, 6.07) is 13.5. The van der Waals surface area contributed by atoms with Crippen molar-refractivity contribution < 1.29 is 13.6 Å². The number of rotatable bonds is 7. The molecule has 1 amide bonds. The molecule has 0 spiro atoms. The van der Waals surface area contributed by atoms with E-state index < -0.39 is 0 Å². The highest BCUT2D eigenvalue weighted by Crippen LogP contribution is 2.35. The fourth-order valence-corrected chi connectivity index (χ4v) is 5.03. The van der Waals surface area contributed by atoms with Gasteiger partial charge in [0.15, 0.2) is 0 Å². The molecule has 2 aromatic carbocycles. The van der Waals surface area contributed by atoms with Crippen LogP contribution in [0, 0.1) is 17.0 Å². The summed E-state index contributed by atoms with van der Waals surface area (Å²) >= 11 is 1.76. The first-order valence-electron chi connectivity index (χ1n) is 10.9. The molecule has 2 aromatic rings. The Morgan fingerprint density at radius 2 is 1.48 bits per heavy atom. The molecule has 0 radical (unpaired) electrons. The maximum absolute atomic E-state index is 13.4. The molecule has 1 N–H and O–H groups in total. The second-order valence-electron chi connectivity index (χ2n) is 9.12. The van der Waals surface area contributed by atoms with Crippen LogP contribution in [0.15, 0.2) is 48.5 Å². The Hall–Kier alpha value is -1.92. The molecule has 168 valence electrons. The molecular weight excluding hydrogens is 414 g/mol. The van der Waals surface area contributed by atoms with Crippen molar-refractivity contribution in [2.75, 3.05) is 25.4 Å². The minimum atomic E-state index is -0.327. The fraction of sp³-hybridized carbons (Fsp3) is 0.480. The van der Waals surface area contributed by atoms with E-state index in [-0.39, 0.29) is 28.2 Å². The van der Waals surface area contributed by atoms with E-state index in [1.807, 2.05) is 25.7 Å². The smallest absolute Gasteiger partial charge is 0.227 e. The molecule has 31 heavy (non-hydrogen) atoms. The quantitative estimate of drug-likeness (QED) is 0.577. The Morgan fingerprint density at radius 1 is 1.00 bits per heavy atom. The van der Waals surface area contributed by atoms with Gasteiger partial charge in [-0.05, 0) is 48.2 Å². The molecule has 3 rings (SSSR count). The summed E-state index contributed by atoms with van der Waals surface area (Å²) in [5, 5.41) is 3.64. The first kappa shape index (κ1) is 23.7. The average Bonchev–Trinajstić information content (AvgIpc) is 2.75. The van der Waals surface area contributed by atoms with Gasteiger partial charge in [0.1, 0.15) is 11.6 Å². The molecule has 3 nitrogen and oxygen atoms in total. The molecule has 0 aromatic heterocycles. The van der Waals surface area contributed by atoms with Gasteiger partial charge in [0.05, 0.1) is 5.25 Å². The van der Waals surface area contributed by atoms with Crippen LogP contribution in [-0.4, -0.2) is 42.2 Å². The number of benzene rings is 2. The van der Waals surface area contributed by atoms with Gasteiger partial charge in [-0.1, -0.05) is 45.0 Å². The number of hydrogen-bond acceptors (Lipinski definition) is 3. The first-order chi connectivity index (χ1) is 14.7. The maximum atomic E-state index is 13.4. The molecule has 0 atom stereocenters. The summed E-state index contributed by atoms with van der Waals surface area (Å²) in [6.07, 6.45) is 1.93. The summed E-state index contributed by atoms with van der Waals surface area (Å²) in [7, 11) is 0. The molecule has 1 saturated heterocycles. The van der Waals surface area contributed by atoms with E-state index in [2.05, 4.69) is 5.32 Å². The van der Waals surface area contributed by atoms with E-state index in [9.17, 15) is 13.6 Å². The summed E-state index contributed by atoms with van der Waals surface area (Å²) < 4.78 is 26.7. The van der Waals surface area contributed by atoms with Gasteiger partial charge < -0.3 is 10.2 Å². The van der Waals surface area contributed by atoms with E-state index in [1.54, 1.807) is 36.0 Å². The van der Waals surface area contributed by atoms with Crippen molar-refractivity contribution in [2.45, 2.75) is 44.9 Å². The minimum Gasteiger partial charge on any atom is -0.342 e. The lowest BCUT2D eigenvalue weighted by molar-refractivity contribution is -0.140. The predicted octanol–water partition coefficient (Wildman–Crippen LogP) is 5.41. The van der Waals surface area contributed by atoms with Gasteiger partial charge in [0.2, 0.25) is 5.91 Å². The van der Waals surface area contributed by atoms with Crippen molar-refractivity contribution in [3.8, 4) is 0 Å². The number of nitrogens with zero attached hydrogens (tertiary/aromatic N) is 1. The third-order valence-corrected chi connectivity index (χ3v) is 6.91. The molecule has 0 unspecified atom stereocenters. The average molecular weight is 447 g/mol. The molecular formula is C25H32F2N2OS. The molecule has 6 heteroatoms. The maximum Gasteiger partial charge on any atom is 0.227 e. The van der Waals surface area contributed by atoms with Gasteiger partial charge in [0, 0.05) is 36.8 Å². The highest BCUT2D eigenvalue weighted by molar-refractivity contribution is 7.99. The highest BCUT2D eigenvalue weighted by Gasteiger charge is 2.30. The van der Waals surface area contributed by atoms with Crippen LogP contribution < -0.4 is 5.32 Å². The van der Waals surface area contributed by atoms with Crippen molar-refractivity contribution in [1.82, 2.24) is 10.2 Å². The number of hydrogen-bond donors (Lipinski definition) is 1. The summed E-state index contributed by atoms with van der Waals surface area (Å²) in [6.45, 7) is 8.35. The predicted molar refractivity (Wildman–Crippen MR) is 124 cm³/mol. The van der Waals surface area contributed by atoms with Gasteiger partial charge in [0.25, 0.3) is 0 Å². The van der Waals surface area contributed by atoms with Crippen molar-refractivity contribution in [3.05, 3.63) is 71.3 Å². The molecule has 0 bridgehead atoms. The molecule has 1 aliphatic rings. The van der Waals surface area contributed by atoms with Crippen molar-refractivity contribution in [1.29, 1.82) is 0 Å². The van der Waals surface area contributed by atoms with Crippen molar-refractivity contribution >= 4 is 17.7 Å². The fourth-order valence-electron chi connectivity index (χ4n) is 3.86. The lowest BCUT2D eigenvalue weighted by Crippen LogP contribution is -2.48. The number of carbonyl (C=O) groups excluding carboxylic acids is 1. The van der Waals surface area contributed by atoms with Crippen LogP contribution in [0.4, 0.5) is 8.78 Å². The van der Waals surface area contributed by atoms with Crippen molar-refractivity contribution in [2.24, 2.45) is 5.41 Å². The van der Waals surface area contributed by atoms with Crippen LogP contribution in [0.1, 0.15) is 50.0 Å². The number of carbonyl (C=O) groups is 1. The summed E-state index contributed by atoms with van der Waals surface area (Å²) in [5.74, 6) is 0.581. The normalized spacial score (nSPS) is 15.5. The van der Waals surface area contributed by atoms with E-state index in [1.165, 1.54) is 24.3 Å². The summed E-state index contributed by atoms with van der Waals surface area (Å²) in [5.41, 5.74) is 1.69. The zero-order chi connectivity index (χ0) is 22.4. The third kappa shape index (κ3) is 6.78. The second kappa shape index (κ2) is 10.6. The Balaban J connectivity index is 1.51. The largest absolute Gasteiger partial charge is 0.342 e. The summed E-state index contributed by atoms with van der Waals surface area (Å²) in [4.78, 5) is 14.4. The number of amides is 1. The standard InChI is InChI=1S/C25H32F2N2OS/c1-25(2,3)24(30)29-15-12-22(13-16-29)28-14-17-31-23(18-4-8-20(26)9-5-18)19-6-10-21(27)11-7-19/h4-11,22-23,28H,12-17H2,1-3H3. The van der Waals surface area contributed by atoms with Crippen LogP contribution in [0.3, 0.4) is 0 Å². The van der Waals surface area contributed by atoms with Gasteiger partial charge in [-0.3, -0.25) is 4.79 Å². The zero-order valence-electron chi connectivity index (χ0n) is 18.5.